The second kappa shape index (κ2) is 6.33. The lowest BCUT2D eigenvalue weighted by molar-refractivity contribution is 0.321. The average molecular weight is 262 g/mol. The number of piperidine rings is 1. The summed E-state index contributed by atoms with van der Waals surface area (Å²) < 4.78 is 0. The number of nitrogens with zero attached hydrogens (tertiary/aromatic N) is 3. The molecular weight excluding hydrogens is 236 g/mol. The van der Waals surface area contributed by atoms with Gasteiger partial charge in [-0.1, -0.05) is 20.8 Å². The predicted molar refractivity (Wildman–Crippen MR) is 79.2 cm³/mol. The molecule has 0 bridgehead atoms. The first-order chi connectivity index (χ1) is 9.10. The monoisotopic (exact) mass is 262 g/mol. The lowest BCUT2D eigenvalue weighted by Crippen LogP contribution is -2.39. The Morgan fingerprint density at radius 1 is 1.32 bits per heavy atom. The SMILES string of the molecule is CCC(N)Cc1cnc(N2CCC(C)C(C)C2)nc1. The zero-order valence-electron chi connectivity index (χ0n) is 12.3. The Morgan fingerprint density at radius 2 is 2.00 bits per heavy atom. The molecule has 1 aliphatic rings. The Kier molecular flexibility index (Phi) is 4.75. The first kappa shape index (κ1) is 14.3. The summed E-state index contributed by atoms with van der Waals surface area (Å²) in [4.78, 5) is 11.3. The van der Waals surface area contributed by atoms with Crippen LogP contribution in [0.5, 0.6) is 0 Å². The minimum atomic E-state index is 0.213. The zero-order valence-corrected chi connectivity index (χ0v) is 12.3. The molecule has 106 valence electrons. The van der Waals surface area contributed by atoms with E-state index in [1.165, 1.54) is 6.42 Å². The van der Waals surface area contributed by atoms with Crippen LogP contribution in [0.25, 0.3) is 0 Å². The topological polar surface area (TPSA) is 55.0 Å². The fourth-order valence-electron chi connectivity index (χ4n) is 2.51. The van der Waals surface area contributed by atoms with Gasteiger partial charge in [0.15, 0.2) is 0 Å². The minimum Gasteiger partial charge on any atom is -0.341 e. The summed E-state index contributed by atoms with van der Waals surface area (Å²) in [6.45, 7) is 8.88. The first-order valence-electron chi connectivity index (χ1n) is 7.41. The van der Waals surface area contributed by atoms with Crippen molar-refractivity contribution in [1.29, 1.82) is 0 Å². The largest absolute Gasteiger partial charge is 0.341 e. The fraction of sp³-hybridized carbons (Fsp3) is 0.733. The molecule has 1 saturated heterocycles. The Balaban J connectivity index is 1.98. The van der Waals surface area contributed by atoms with Crippen LogP contribution in [0.1, 0.15) is 39.2 Å². The fourth-order valence-corrected chi connectivity index (χ4v) is 2.51. The van der Waals surface area contributed by atoms with Crippen molar-refractivity contribution in [1.82, 2.24) is 9.97 Å². The Labute approximate surface area is 116 Å². The highest BCUT2D eigenvalue weighted by molar-refractivity contribution is 5.31. The van der Waals surface area contributed by atoms with Crippen LogP contribution in [0.2, 0.25) is 0 Å². The highest BCUT2D eigenvalue weighted by Gasteiger charge is 2.24. The van der Waals surface area contributed by atoms with E-state index in [2.05, 4.69) is 35.6 Å². The quantitative estimate of drug-likeness (QED) is 0.904. The summed E-state index contributed by atoms with van der Waals surface area (Å²) in [6.07, 6.45) is 6.95. The normalized spacial score (nSPS) is 25.4. The van der Waals surface area contributed by atoms with Gasteiger partial charge in [0.25, 0.3) is 0 Å². The van der Waals surface area contributed by atoms with E-state index in [-0.39, 0.29) is 6.04 Å². The van der Waals surface area contributed by atoms with E-state index in [4.69, 9.17) is 5.73 Å². The van der Waals surface area contributed by atoms with Crippen molar-refractivity contribution in [2.24, 2.45) is 17.6 Å². The van der Waals surface area contributed by atoms with Crippen molar-refractivity contribution >= 4 is 5.95 Å². The molecule has 19 heavy (non-hydrogen) atoms. The minimum absolute atomic E-state index is 0.213. The third kappa shape index (κ3) is 3.66. The molecule has 0 spiro atoms. The van der Waals surface area contributed by atoms with Crippen molar-refractivity contribution in [3.63, 3.8) is 0 Å². The van der Waals surface area contributed by atoms with Gasteiger partial charge in [0.1, 0.15) is 0 Å². The molecule has 4 heteroatoms. The molecule has 2 heterocycles. The maximum absolute atomic E-state index is 5.95. The van der Waals surface area contributed by atoms with Gasteiger partial charge >= 0.3 is 0 Å². The predicted octanol–water partition coefficient (Wildman–Crippen LogP) is 2.24. The number of anilines is 1. The molecule has 0 amide bonds. The number of nitrogens with two attached hydrogens (primary N) is 1. The average Bonchev–Trinajstić information content (AvgIpc) is 2.42. The number of aromatic nitrogens is 2. The molecule has 1 aromatic heterocycles. The smallest absolute Gasteiger partial charge is 0.225 e. The lowest BCUT2D eigenvalue weighted by atomic mass is 9.89. The first-order valence-corrected chi connectivity index (χ1v) is 7.41. The standard InChI is InChI=1S/C15H26N4/c1-4-14(16)7-13-8-17-15(18-9-13)19-6-5-11(2)12(3)10-19/h8-9,11-12,14H,4-7,10,16H2,1-3H3. The number of hydrogen-bond acceptors (Lipinski definition) is 4. The number of hydrogen-bond donors (Lipinski definition) is 1. The van der Waals surface area contributed by atoms with E-state index in [0.29, 0.717) is 5.92 Å². The van der Waals surface area contributed by atoms with Gasteiger partial charge < -0.3 is 10.6 Å². The molecule has 0 aliphatic carbocycles. The van der Waals surface area contributed by atoms with Crippen LogP contribution in [0, 0.1) is 11.8 Å². The molecule has 3 atom stereocenters. The Morgan fingerprint density at radius 3 is 2.58 bits per heavy atom. The second-order valence-corrected chi connectivity index (χ2v) is 5.95. The van der Waals surface area contributed by atoms with Gasteiger partial charge in [-0.25, -0.2) is 9.97 Å². The molecule has 0 aromatic carbocycles. The summed E-state index contributed by atoms with van der Waals surface area (Å²) in [6, 6.07) is 0.213. The highest BCUT2D eigenvalue weighted by atomic mass is 15.2. The zero-order chi connectivity index (χ0) is 13.8. The van der Waals surface area contributed by atoms with Crippen molar-refractivity contribution in [3.05, 3.63) is 18.0 Å². The summed E-state index contributed by atoms with van der Waals surface area (Å²) in [5.41, 5.74) is 7.09. The van der Waals surface area contributed by atoms with E-state index in [9.17, 15) is 0 Å². The Bertz CT molecular complexity index is 390. The lowest BCUT2D eigenvalue weighted by Gasteiger charge is -2.35. The van der Waals surface area contributed by atoms with Crippen molar-refractivity contribution in [2.75, 3.05) is 18.0 Å². The molecule has 4 nitrogen and oxygen atoms in total. The third-order valence-corrected chi connectivity index (χ3v) is 4.33. The number of rotatable bonds is 4. The third-order valence-electron chi connectivity index (χ3n) is 4.33. The van der Waals surface area contributed by atoms with Crippen molar-refractivity contribution < 1.29 is 0 Å². The highest BCUT2D eigenvalue weighted by Crippen LogP contribution is 2.24. The molecule has 0 saturated carbocycles. The van der Waals surface area contributed by atoms with E-state index < -0.39 is 0 Å². The van der Waals surface area contributed by atoms with Gasteiger partial charge in [-0.05, 0) is 36.7 Å². The summed E-state index contributed by atoms with van der Waals surface area (Å²) in [5, 5.41) is 0. The van der Waals surface area contributed by atoms with E-state index >= 15 is 0 Å². The molecular formula is C15H26N4. The van der Waals surface area contributed by atoms with Crippen molar-refractivity contribution in [2.45, 2.75) is 46.1 Å². The molecule has 1 fully saturated rings. The van der Waals surface area contributed by atoms with Gasteiger partial charge in [0.05, 0.1) is 0 Å². The maximum Gasteiger partial charge on any atom is 0.225 e. The van der Waals surface area contributed by atoms with E-state index in [0.717, 1.165) is 43.4 Å². The van der Waals surface area contributed by atoms with E-state index in [1.807, 2.05) is 12.4 Å². The summed E-state index contributed by atoms with van der Waals surface area (Å²) in [5.74, 6) is 2.39. The summed E-state index contributed by atoms with van der Waals surface area (Å²) >= 11 is 0. The summed E-state index contributed by atoms with van der Waals surface area (Å²) in [7, 11) is 0. The van der Waals surface area contributed by atoms with Crippen LogP contribution >= 0.6 is 0 Å². The van der Waals surface area contributed by atoms with Crippen LogP contribution in [0.15, 0.2) is 12.4 Å². The van der Waals surface area contributed by atoms with Crippen LogP contribution in [-0.2, 0) is 6.42 Å². The molecule has 1 aromatic rings. The van der Waals surface area contributed by atoms with Crippen LogP contribution < -0.4 is 10.6 Å². The van der Waals surface area contributed by atoms with Crippen LogP contribution in [-0.4, -0.2) is 29.1 Å². The second-order valence-electron chi connectivity index (χ2n) is 5.95. The molecule has 2 N–H and O–H groups in total. The Hall–Kier alpha value is -1.16. The van der Waals surface area contributed by atoms with Gasteiger partial charge in [-0.3, -0.25) is 0 Å². The van der Waals surface area contributed by atoms with Crippen molar-refractivity contribution in [3.8, 4) is 0 Å². The maximum atomic E-state index is 5.95. The van der Waals surface area contributed by atoms with E-state index in [1.54, 1.807) is 0 Å². The molecule has 0 radical (unpaired) electrons. The van der Waals surface area contributed by atoms with Crippen LogP contribution in [0.3, 0.4) is 0 Å². The molecule has 2 rings (SSSR count). The van der Waals surface area contributed by atoms with Gasteiger partial charge in [-0.2, -0.15) is 0 Å². The molecule has 1 aliphatic heterocycles. The van der Waals surface area contributed by atoms with Gasteiger partial charge in [0, 0.05) is 31.5 Å². The van der Waals surface area contributed by atoms with Crippen LogP contribution in [0.4, 0.5) is 5.95 Å². The van der Waals surface area contributed by atoms with Gasteiger partial charge in [-0.15, -0.1) is 0 Å². The van der Waals surface area contributed by atoms with Gasteiger partial charge in [0.2, 0.25) is 5.95 Å². The molecule has 3 unspecified atom stereocenters.